The first kappa shape index (κ1) is 37.1. The summed E-state index contributed by atoms with van der Waals surface area (Å²) in [4.78, 5) is 4.85. The van der Waals surface area contributed by atoms with Gasteiger partial charge in [-0.25, -0.2) is 0 Å². The topological polar surface area (TPSA) is 46.5 Å². The normalized spacial score (nSPS) is 11.7. The number of para-hydroxylation sites is 2. The van der Waals surface area contributed by atoms with Gasteiger partial charge in [0.2, 0.25) is 0 Å². The van der Waals surface area contributed by atoms with Crippen molar-refractivity contribution in [2.75, 3.05) is 0 Å². The first-order valence-corrected chi connectivity index (χ1v) is 20.8. The second-order valence-electron chi connectivity index (χ2n) is 16.9. The highest BCUT2D eigenvalue weighted by Crippen LogP contribution is 2.45. The van der Waals surface area contributed by atoms with Crippen molar-refractivity contribution in [2.24, 2.45) is 0 Å². The average Bonchev–Trinajstić information content (AvgIpc) is 3.71. The minimum absolute atomic E-state index is 0.589. The maximum atomic E-state index is 11.0. The summed E-state index contributed by atoms with van der Waals surface area (Å²) in [5.41, 5.74) is 23.2. The minimum Gasteiger partial charge on any atom is -0.308 e. The Hall–Kier alpha value is -7.22. The molecule has 0 unspecified atom stereocenters. The van der Waals surface area contributed by atoms with Gasteiger partial charge in [-0.3, -0.25) is 4.98 Å². The average molecular weight is 775 g/mol. The van der Waals surface area contributed by atoms with Crippen molar-refractivity contribution < 1.29 is 0 Å². The van der Waals surface area contributed by atoms with Crippen LogP contribution in [0.5, 0.6) is 0 Å². The molecule has 290 valence electrons. The summed E-state index contributed by atoms with van der Waals surface area (Å²) in [6.45, 7) is 17.3. The minimum atomic E-state index is 0.589. The third kappa shape index (κ3) is 5.84. The number of rotatable bonds is 5. The summed E-state index contributed by atoms with van der Waals surface area (Å²) < 4.78 is 4.80. The fourth-order valence-corrected chi connectivity index (χ4v) is 10.3. The number of nitriles is 1. The first-order chi connectivity index (χ1) is 29.0. The van der Waals surface area contributed by atoms with Crippen LogP contribution in [-0.4, -0.2) is 14.1 Å². The largest absolute Gasteiger partial charge is 0.308 e. The Morgan fingerprint density at radius 1 is 0.400 bits per heavy atom. The molecular weight excluding hydrogens is 729 g/mol. The highest BCUT2D eigenvalue weighted by molar-refractivity contribution is 6.13. The highest BCUT2D eigenvalue weighted by Gasteiger charge is 2.25. The maximum absolute atomic E-state index is 11.0. The number of hydrogen-bond acceptors (Lipinski definition) is 2. The number of nitrogens with zero attached hydrogens (tertiary/aromatic N) is 4. The van der Waals surface area contributed by atoms with E-state index in [-0.39, 0.29) is 0 Å². The lowest BCUT2D eigenvalue weighted by atomic mass is 9.93. The molecule has 0 aliphatic rings. The van der Waals surface area contributed by atoms with Crippen molar-refractivity contribution in [3.05, 3.63) is 184 Å². The Morgan fingerprint density at radius 3 is 1.22 bits per heavy atom. The second kappa shape index (κ2) is 14.0. The number of aromatic nitrogens is 3. The van der Waals surface area contributed by atoms with Crippen LogP contribution >= 0.6 is 0 Å². The SMILES string of the molecule is Cc1cc(C)c(-c2ccc3c4ccccc4n(-c4cc(C#N)cc(-n5c6ccccc6c6ccc(-c7c(C)cc(C)cc7C)cc65)c4-c4cc(C)nc(C)c4)c3c2)c(C)c1. The maximum Gasteiger partial charge on any atom is 0.0993 e. The summed E-state index contributed by atoms with van der Waals surface area (Å²) in [6, 6.07) is 51.4. The van der Waals surface area contributed by atoms with Gasteiger partial charge >= 0.3 is 0 Å². The van der Waals surface area contributed by atoms with E-state index in [1.54, 1.807) is 0 Å². The van der Waals surface area contributed by atoms with Gasteiger partial charge in [0, 0.05) is 38.5 Å². The van der Waals surface area contributed by atoms with Gasteiger partial charge in [0.25, 0.3) is 0 Å². The molecule has 4 nitrogen and oxygen atoms in total. The first-order valence-electron chi connectivity index (χ1n) is 20.8. The van der Waals surface area contributed by atoms with Crippen molar-refractivity contribution in [3.63, 3.8) is 0 Å². The monoisotopic (exact) mass is 774 g/mol. The molecule has 10 aromatic rings. The Morgan fingerprint density at radius 2 is 0.800 bits per heavy atom. The molecule has 3 aromatic heterocycles. The highest BCUT2D eigenvalue weighted by atomic mass is 15.0. The van der Waals surface area contributed by atoms with E-state index in [4.69, 9.17) is 4.98 Å². The number of benzene rings is 7. The predicted molar refractivity (Wildman–Crippen MR) is 252 cm³/mol. The van der Waals surface area contributed by atoms with Gasteiger partial charge in [-0.2, -0.15) is 5.26 Å². The molecule has 7 aromatic carbocycles. The van der Waals surface area contributed by atoms with Crippen molar-refractivity contribution >= 4 is 43.6 Å². The van der Waals surface area contributed by atoms with Crippen LogP contribution in [0.1, 0.15) is 50.3 Å². The smallest absolute Gasteiger partial charge is 0.0993 e. The van der Waals surface area contributed by atoms with Gasteiger partial charge in [-0.1, -0.05) is 96.1 Å². The van der Waals surface area contributed by atoms with E-state index in [1.165, 1.54) is 77.2 Å². The second-order valence-corrected chi connectivity index (χ2v) is 16.9. The molecule has 0 spiro atoms. The molecule has 0 saturated heterocycles. The molecule has 0 aliphatic heterocycles. The van der Waals surface area contributed by atoms with Gasteiger partial charge in [-0.05, 0) is 154 Å². The van der Waals surface area contributed by atoms with E-state index in [2.05, 4.69) is 204 Å². The molecule has 0 N–H and O–H groups in total. The van der Waals surface area contributed by atoms with Crippen LogP contribution in [0.2, 0.25) is 0 Å². The van der Waals surface area contributed by atoms with Gasteiger partial charge in [0.05, 0.1) is 45.1 Å². The molecule has 0 aliphatic carbocycles. The molecule has 10 rings (SSSR count). The molecular formula is C56H46N4. The molecule has 0 saturated carbocycles. The summed E-state index contributed by atoms with van der Waals surface area (Å²) in [5.74, 6) is 0. The van der Waals surface area contributed by atoms with E-state index in [0.717, 1.165) is 56.0 Å². The van der Waals surface area contributed by atoms with Gasteiger partial charge in [-0.15, -0.1) is 0 Å². The molecule has 3 heterocycles. The Kier molecular flexibility index (Phi) is 8.63. The number of hydrogen-bond donors (Lipinski definition) is 0. The molecule has 0 radical (unpaired) electrons. The van der Waals surface area contributed by atoms with Gasteiger partial charge in [0.1, 0.15) is 0 Å². The van der Waals surface area contributed by atoms with Crippen molar-refractivity contribution in [1.29, 1.82) is 5.26 Å². The van der Waals surface area contributed by atoms with Crippen LogP contribution in [0.15, 0.2) is 133 Å². The van der Waals surface area contributed by atoms with Crippen LogP contribution < -0.4 is 0 Å². The fourth-order valence-electron chi connectivity index (χ4n) is 10.3. The lowest BCUT2D eigenvalue weighted by Gasteiger charge is -2.22. The zero-order chi connectivity index (χ0) is 41.6. The third-order valence-electron chi connectivity index (χ3n) is 12.4. The van der Waals surface area contributed by atoms with E-state index in [0.29, 0.717) is 5.56 Å². The number of pyridine rings is 1. The Labute approximate surface area is 351 Å². The van der Waals surface area contributed by atoms with E-state index in [1.807, 2.05) is 0 Å². The quantitative estimate of drug-likeness (QED) is 0.175. The lowest BCUT2D eigenvalue weighted by Crippen LogP contribution is -2.06. The van der Waals surface area contributed by atoms with E-state index in [9.17, 15) is 5.26 Å². The Bertz CT molecular complexity index is 3210. The van der Waals surface area contributed by atoms with Crippen molar-refractivity contribution in [2.45, 2.75) is 55.4 Å². The fraction of sp³-hybridized carbons (Fsp3) is 0.143. The molecule has 0 bridgehead atoms. The zero-order valence-electron chi connectivity index (χ0n) is 35.5. The zero-order valence-corrected chi connectivity index (χ0v) is 35.5. The van der Waals surface area contributed by atoms with Crippen LogP contribution in [0.4, 0.5) is 0 Å². The summed E-state index contributed by atoms with van der Waals surface area (Å²) in [7, 11) is 0. The standard InChI is InChI=1S/C56H46N4/c1-32-21-34(3)54(35(4)22-32)41-17-19-46-44-13-9-11-15-48(44)59(50(46)29-41)52-27-40(31-57)28-53(56(52)43-25-38(7)58-39(8)26-43)60-49-16-12-10-14-45(49)47-20-18-42(30-51(47)60)55-36(5)23-33(2)24-37(55)6/h9-30H,1-8H3. The van der Waals surface area contributed by atoms with Gasteiger partial charge in [0.15, 0.2) is 0 Å². The predicted octanol–water partition coefficient (Wildman–Crippen LogP) is 14.6. The van der Waals surface area contributed by atoms with Gasteiger partial charge < -0.3 is 9.13 Å². The summed E-state index contributed by atoms with van der Waals surface area (Å²) in [5, 5.41) is 15.6. The molecule has 0 fully saturated rings. The van der Waals surface area contributed by atoms with Crippen LogP contribution in [0.25, 0.3) is 88.4 Å². The van der Waals surface area contributed by atoms with Crippen LogP contribution in [-0.2, 0) is 0 Å². The van der Waals surface area contributed by atoms with Crippen molar-refractivity contribution in [1.82, 2.24) is 14.1 Å². The summed E-state index contributed by atoms with van der Waals surface area (Å²) >= 11 is 0. The van der Waals surface area contributed by atoms with Crippen LogP contribution in [0, 0.1) is 66.7 Å². The molecule has 0 atom stereocenters. The molecule has 0 amide bonds. The summed E-state index contributed by atoms with van der Waals surface area (Å²) in [6.07, 6.45) is 0. The van der Waals surface area contributed by atoms with E-state index >= 15 is 0 Å². The Balaban J connectivity index is 1.37. The van der Waals surface area contributed by atoms with Crippen molar-refractivity contribution in [3.8, 4) is 50.8 Å². The molecule has 60 heavy (non-hydrogen) atoms. The number of aryl methyl sites for hydroxylation is 8. The molecule has 4 heteroatoms. The third-order valence-corrected chi connectivity index (χ3v) is 12.4. The number of fused-ring (bicyclic) bond motifs is 6. The van der Waals surface area contributed by atoms with E-state index < -0.39 is 0 Å². The lowest BCUT2D eigenvalue weighted by molar-refractivity contribution is 1.11. The van der Waals surface area contributed by atoms with Crippen LogP contribution in [0.3, 0.4) is 0 Å².